The van der Waals surface area contributed by atoms with Gasteiger partial charge >= 0.3 is 0 Å². The van der Waals surface area contributed by atoms with Crippen molar-refractivity contribution in [2.45, 2.75) is 37.3 Å². The molecule has 92 valence electrons. The quantitative estimate of drug-likeness (QED) is 0.858. The molecule has 17 heavy (non-hydrogen) atoms. The van der Waals surface area contributed by atoms with Crippen LogP contribution in [-0.4, -0.2) is 31.6 Å². The van der Waals surface area contributed by atoms with E-state index in [-0.39, 0.29) is 0 Å². The summed E-state index contributed by atoms with van der Waals surface area (Å²) in [6.07, 6.45) is 3.95. The van der Waals surface area contributed by atoms with Crippen LogP contribution in [0, 0.1) is 0 Å². The molecule has 3 atom stereocenters. The summed E-state index contributed by atoms with van der Waals surface area (Å²) < 4.78 is 0. The highest BCUT2D eigenvalue weighted by Gasteiger charge is 2.41. The SMILES string of the molecule is CN(C)C1CC1c1ccccc1[C@H]1CCCN1. The standard InChI is InChI=1S/C15H22N2/c1-17(2)15-10-13(15)11-6-3-4-7-12(11)14-8-5-9-16-14/h3-4,6-7,13-16H,5,8-10H2,1-2H3/t13?,14-,15?/m1/s1. The van der Waals surface area contributed by atoms with Crippen molar-refractivity contribution in [1.82, 2.24) is 10.2 Å². The van der Waals surface area contributed by atoms with Gasteiger partial charge in [-0.05, 0) is 51.0 Å². The van der Waals surface area contributed by atoms with E-state index in [0.29, 0.717) is 6.04 Å². The Morgan fingerprint density at radius 3 is 2.53 bits per heavy atom. The van der Waals surface area contributed by atoms with Crippen LogP contribution in [0.4, 0.5) is 0 Å². The maximum absolute atomic E-state index is 3.63. The van der Waals surface area contributed by atoms with Gasteiger partial charge in [0, 0.05) is 18.0 Å². The predicted molar refractivity (Wildman–Crippen MR) is 71.3 cm³/mol. The van der Waals surface area contributed by atoms with Gasteiger partial charge < -0.3 is 10.2 Å². The molecule has 3 rings (SSSR count). The normalized spacial score (nSPS) is 32.1. The molecule has 1 aliphatic carbocycles. The molecule has 2 fully saturated rings. The second kappa shape index (κ2) is 4.43. The van der Waals surface area contributed by atoms with Crippen LogP contribution in [0.1, 0.15) is 42.3 Å². The Kier molecular flexibility index (Phi) is 2.93. The Hall–Kier alpha value is -0.860. The third kappa shape index (κ3) is 2.12. The molecular formula is C15H22N2. The van der Waals surface area contributed by atoms with Crippen molar-refractivity contribution >= 4 is 0 Å². The number of nitrogens with zero attached hydrogens (tertiary/aromatic N) is 1. The maximum Gasteiger partial charge on any atom is 0.0323 e. The van der Waals surface area contributed by atoms with E-state index < -0.39 is 0 Å². The molecule has 1 heterocycles. The van der Waals surface area contributed by atoms with Crippen molar-refractivity contribution in [3.8, 4) is 0 Å². The maximum atomic E-state index is 3.63. The minimum Gasteiger partial charge on any atom is -0.310 e. The highest BCUT2D eigenvalue weighted by Crippen LogP contribution is 2.46. The lowest BCUT2D eigenvalue weighted by molar-refractivity contribution is 0.390. The van der Waals surface area contributed by atoms with E-state index in [4.69, 9.17) is 0 Å². The first-order valence-electron chi connectivity index (χ1n) is 6.76. The molecule has 0 radical (unpaired) electrons. The predicted octanol–water partition coefficient (Wildman–Crippen LogP) is 2.53. The van der Waals surface area contributed by atoms with Crippen molar-refractivity contribution < 1.29 is 0 Å². The summed E-state index contributed by atoms with van der Waals surface area (Å²) >= 11 is 0. The summed E-state index contributed by atoms with van der Waals surface area (Å²) in [6, 6.07) is 10.4. The Labute approximate surface area is 104 Å². The lowest BCUT2D eigenvalue weighted by Crippen LogP contribution is -2.18. The smallest absolute Gasteiger partial charge is 0.0323 e. The van der Waals surface area contributed by atoms with Gasteiger partial charge in [-0.25, -0.2) is 0 Å². The Balaban J connectivity index is 1.84. The van der Waals surface area contributed by atoms with Gasteiger partial charge in [-0.3, -0.25) is 0 Å². The summed E-state index contributed by atoms with van der Waals surface area (Å²) in [4.78, 5) is 2.36. The average Bonchev–Trinajstić information content (AvgIpc) is 2.96. The van der Waals surface area contributed by atoms with Gasteiger partial charge in [0.05, 0.1) is 0 Å². The average molecular weight is 230 g/mol. The molecular weight excluding hydrogens is 208 g/mol. The fraction of sp³-hybridized carbons (Fsp3) is 0.600. The van der Waals surface area contributed by atoms with Crippen LogP contribution in [-0.2, 0) is 0 Å². The summed E-state index contributed by atoms with van der Waals surface area (Å²) in [6.45, 7) is 1.18. The van der Waals surface area contributed by atoms with Crippen LogP contribution >= 0.6 is 0 Å². The lowest BCUT2D eigenvalue weighted by Gasteiger charge is -2.17. The second-order valence-corrected chi connectivity index (χ2v) is 5.65. The molecule has 1 N–H and O–H groups in total. The zero-order chi connectivity index (χ0) is 11.8. The van der Waals surface area contributed by atoms with E-state index in [1.54, 1.807) is 11.1 Å². The topological polar surface area (TPSA) is 15.3 Å². The molecule has 2 nitrogen and oxygen atoms in total. The van der Waals surface area contributed by atoms with Crippen molar-refractivity contribution in [1.29, 1.82) is 0 Å². The van der Waals surface area contributed by atoms with E-state index in [1.165, 1.54) is 25.8 Å². The van der Waals surface area contributed by atoms with Gasteiger partial charge in [0.25, 0.3) is 0 Å². The molecule has 1 saturated heterocycles. The van der Waals surface area contributed by atoms with Gasteiger partial charge in [-0.1, -0.05) is 24.3 Å². The van der Waals surface area contributed by atoms with E-state index in [9.17, 15) is 0 Å². The van der Waals surface area contributed by atoms with Gasteiger partial charge in [0.15, 0.2) is 0 Å². The zero-order valence-corrected chi connectivity index (χ0v) is 10.8. The fourth-order valence-corrected chi connectivity index (χ4v) is 3.20. The number of likely N-dealkylation sites (N-methyl/N-ethyl adjacent to an activating group) is 1. The second-order valence-electron chi connectivity index (χ2n) is 5.65. The summed E-state index contributed by atoms with van der Waals surface area (Å²) in [5.74, 6) is 0.767. The fourth-order valence-electron chi connectivity index (χ4n) is 3.20. The molecule has 0 spiro atoms. The number of hydrogen-bond acceptors (Lipinski definition) is 2. The molecule has 1 saturated carbocycles. The van der Waals surface area contributed by atoms with Crippen molar-refractivity contribution in [3.63, 3.8) is 0 Å². The van der Waals surface area contributed by atoms with Gasteiger partial charge in [0.1, 0.15) is 0 Å². The number of rotatable bonds is 3. The zero-order valence-electron chi connectivity index (χ0n) is 10.8. The summed E-state index contributed by atoms with van der Waals surface area (Å²) in [5.41, 5.74) is 3.14. The van der Waals surface area contributed by atoms with Gasteiger partial charge in [0.2, 0.25) is 0 Å². The van der Waals surface area contributed by atoms with Crippen molar-refractivity contribution in [2.75, 3.05) is 20.6 Å². The van der Waals surface area contributed by atoms with Crippen LogP contribution in [0.15, 0.2) is 24.3 Å². The number of nitrogens with one attached hydrogen (secondary N) is 1. The molecule has 2 heteroatoms. The van der Waals surface area contributed by atoms with E-state index >= 15 is 0 Å². The minimum atomic E-state index is 0.606. The Morgan fingerprint density at radius 1 is 1.18 bits per heavy atom. The molecule has 1 aromatic carbocycles. The number of benzene rings is 1. The molecule has 2 unspecified atom stereocenters. The highest BCUT2D eigenvalue weighted by atomic mass is 15.1. The lowest BCUT2D eigenvalue weighted by atomic mass is 9.96. The molecule has 0 amide bonds. The monoisotopic (exact) mass is 230 g/mol. The van der Waals surface area contributed by atoms with Gasteiger partial charge in [-0.15, -0.1) is 0 Å². The molecule has 1 aromatic rings. The van der Waals surface area contributed by atoms with E-state index in [1.807, 2.05) is 0 Å². The number of hydrogen-bond donors (Lipinski definition) is 1. The van der Waals surface area contributed by atoms with Crippen LogP contribution in [0.3, 0.4) is 0 Å². The largest absolute Gasteiger partial charge is 0.310 e. The van der Waals surface area contributed by atoms with E-state index in [2.05, 4.69) is 48.6 Å². The molecule has 0 bridgehead atoms. The van der Waals surface area contributed by atoms with Crippen molar-refractivity contribution in [2.24, 2.45) is 0 Å². The summed E-state index contributed by atoms with van der Waals surface area (Å²) in [5, 5.41) is 3.63. The summed E-state index contributed by atoms with van der Waals surface area (Å²) in [7, 11) is 4.39. The highest BCUT2D eigenvalue weighted by molar-refractivity contribution is 5.38. The minimum absolute atomic E-state index is 0.606. The van der Waals surface area contributed by atoms with Gasteiger partial charge in [-0.2, -0.15) is 0 Å². The molecule has 2 aliphatic rings. The Bertz CT molecular complexity index is 394. The van der Waals surface area contributed by atoms with E-state index in [0.717, 1.165) is 12.0 Å². The van der Waals surface area contributed by atoms with Crippen LogP contribution in [0.5, 0.6) is 0 Å². The Morgan fingerprint density at radius 2 is 1.94 bits per heavy atom. The van der Waals surface area contributed by atoms with Crippen molar-refractivity contribution in [3.05, 3.63) is 35.4 Å². The third-order valence-electron chi connectivity index (χ3n) is 4.25. The van der Waals surface area contributed by atoms with Crippen LogP contribution in [0.2, 0.25) is 0 Å². The molecule has 1 aliphatic heterocycles. The first-order valence-corrected chi connectivity index (χ1v) is 6.76. The third-order valence-corrected chi connectivity index (χ3v) is 4.25. The molecule has 0 aromatic heterocycles. The van der Waals surface area contributed by atoms with Crippen LogP contribution < -0.4 is 5.32 Å². The van der Waals surface area contributed by atoms with Crippen LogP contribution in [0.25, 0.3) is 0 Å². The first-order chi connectivity index (χ1) is 8.27. The first kappa shape index (κ1) is 11.2.